The van der Waals surface area contributed by atoms with Crippen LogP contribution < -0.4 is 5.32 Å². The summed E-state index contributed by atoms with van der Waals surface area (Å²) in [5, 5.41) is 2.68. The van der Waals surface area contributed by atoms with Crippen molar-refractivity contribution in [3.05, 3.63) is 83.2 Å². The summed E-state index contributed by atoms with van der Waals surface area (Å²) < 4.78 is 44.6. The number of amides is 2. The lowest BCUT2D eigenvalue weighted by molar-refractivity contribution is -0.153. The maximum Gasteiger partial charge on any atom is 0.309 e. The van der Waals surface area contributed by atoms with Gasteiger partial charge in [0.05, 0.1) is 18.9 Å². The summed E-state index contributed by atoms with van der Waals surface area (Å²) in [6.45, 7) is 1.21. The van der Waals surface area contributed by atoms with E-state index in [0.29, 0.717) is 31.6 Å². The van der Waals surface area contributed by atoms with E-state index in [4.69, 9.17) is 4.74 Å². The minimum atomic E-state index is -1.56. The molecule has 0 aromatic heterocycles. The van der Waals surface area contributed by atoms with Gasteiger partial charge < -0.3 is 15.0 Å². The lowest BCUT2D eigenvalue weighted by Crippen LogP contribution is -2.45. The Balaban J connectivity index is 1.29. The first kappa shape index (κ1) is 27.2. The number of rotatable bonds is 6. The second kappa shape index (κ2) is 12.1. The molecule has 2 atom stereocenters. The van der Waals surface area contributed by atoms with Gasteiger partial charge in [-0.25, -0.2) is 13.2 Å². The molecule has 2 aliphatic rings. The SMILES string of the molecule is COC(=O)C1CC=CCC1C(=O)N1CCC(c2ccc(NC(=O)/C=C/c3cc(F)c(F)c(F)c3)cc2)CC1. The number of carbonyl (C=O) groups is 3. The van der Waals surface area contributed by atoms with Gasteiger partial charge in [0.25, 0.3) is 0 Å². The zero-order chi connectivity index (χ0) is 27.2. The predicted molar refractivity (Wildman–Crippen MR) is 136 cm³/mol. The number of esters is 1. The topological polar surface area (TPSA) is 75.7 Å². The fraction of sp³-hybridized carbons (Fsp3) is 0.345. The Hall–Kier alpha value is -3.88. The fourth-order valence-corrected chi connectivity index (χ4v) is 5.03. The molecule has 6 nitrogen and oxygen atoms in total. The van der Waals surface area contributed by atoms with E-state index in [-0.39, 0.29) is 29.3 Å². The van der Waals surface area contributed by atoms with Crippen LogP contribution in [0.5, 0.6) is 0 Å². The van der Waals surface area contributed by atoms with Crippen molar-refractivity contribution >= 4 is 29.5 Å². The molecule has 0 saturated carbocycles. The summed E-state index contributed by atoms with van der Waals surface area (Å²) in [5.41, 5.74) is 1.67. The zero-order valence-corrected chi connectivity index (χ0v) is 21.0. The van der Waals surface area contributed by atoms with Crippen molar-refractivity contribution < 1.29 is 32.3 Å². The van der Waals surface area contributed by atoms with Crippen molar-refractivity contribution in [2.24, 2.45) is 11.8 Å². The molecular formula is C29H29F3N2O4. The van der Waals surface area contributed by atoms with Crippen LogP contribution in [0, 0.1) is 29.3 Å². The van der Waals surface area contributed by atoms with E-state index in [0.717, 1.165) is 36.6 Å². The van der Waals surface area contributed by atoms with Crippen molar-refractivity contribution in [3.8, 4) is 0 Å². The first-order chi connectivity index (χ1) is 18.3. The second-order valence-corrected chi connectivity index (χ2v) is 9.52. The molecule has 0 bridgehead atoms. The van der Waals surface area contributed by atoms with Gasteiger partial charge >= 0.3 is 5.97 Å². The quantitative estimate of drug-likeness (QED) is 0.243. The van der Waals surface area contributed by atoms with Crippen LogP contribution in [0.4, 0.5) is 18.9 Å². The van der Waals surface area contributed by atoms with E-state index in [9.17, 15) is 27.6 Å². The molecule has 4 rings (SSSR count). The van der Waals surface area contributed by atoms with Gasteiger partial charge in [0.15, 0.2) is 17.5 Å². The summed E-state index contributed by atoms with van der Waals surface area (Å²) >= 11 is 0. The van der Waals surface area contributed by atoms with Crippen molar-refractivity contribution in [1.29, 1.82) is 0 Å². The molecular weight excluding hydrogens is 497 g/mol. The van der Waals surface area contributed by atoms with Crippen LogP contribution in [0.2, 0.25) is 0 Å². The second-order valence-electron chi connectivity index (χ2n) is 9.52. The Bertz CT molecular complexity index is 1230. The van der Waals surface area contributed by atoms with Crippen molar-refractivity contribution in [2.75, 3.05) is 25.5 Å². The summed E-state index contributed by atoms with van der Waals surface area (Å²) in [6.07, 6.45) is 8.81. The van der Waals surface area contributed by atoms with Gasteiger partial charge in [-0.2, -0.15) is 0 Å². The number of halogens is 3. The van der Waals surface area contributed by atoms with Crippen molar-refractivity contribution in [2.45, 2.75) is 31.6 Å². The van der Waals surface area contributed by atoms with Gasteiger partial charge in [-0.15, -0.1) is 0 Å². The number of hydrogen-bond donors (Lipinski definition) is 1. The number of piperidine rings is 1. The summed E-state index contributed by atoms with van der Waals surface area (Å²) in [4.78, 5) is 39.3. The summed E-state index contributed by atoms with van der Waals surface area (Å²) in [6, 6.07) is 8.99. The van der Waals surface area contributed by atoms with Crippen LogP contribution in [-0.4, -0.2) is 42.9 Å². The Kier molecular flexibility index (Phi) is 8.66. The van der Waals surface area contributed by atoms with Crippen LogP contribution in [0.15, 0.2) is 54.6 Å². The number of benzene rings is 2. The molecule has 1 N–H and O–H groups in total. The van der Waals surface area contributed by atoms with E-state index >= 15 is 0 Å². The van der Waals surface area contributed by atoms with Crippen molar-refractivity contribution in [3.63, 3.8) is 0 Å². The number of anilines is 1. The molecule has 1 aliphatic carbocycles. The summed E-state index contributed by atoms with van der Waals surface area (Å²) in [7, 11) is 1.35. The molecule has 2 amide bonds. The number of methoxy groups -OCH3 is 1. The average Bonchev–Trinajstić information content (AvgIpc) is 2.94. The molecule has 1 heterocycles. The van der Waals surface area contributed by atoms with E-state index < -0.39 is 29.3 Å². The minimum Gasteiger partial charge on any atom is -0.469 e. The highest BCUT2D eigenvalue weighted by molar-refractivity contribution is 6.01. The van der Waals surface area contributed by atoms with Gasteiger partial charge in [0.1, 0.15) is 0 Å². The Morgan fingerprint density at radius 3 is 2.16 bits per heavy atom. The molecule has 200 valence electrons. The normalized spacial score (nSPS) is 19.9. The van der Waals surface area contributed by atoms with Gasteiger partial charge in [-0.1, -0.05) is 24.3 Å². The predicted octanol–water partition coefficient (Wildman–Crippen LogP) is 5.22. The standard InChI is InChI=1S/C29H29F3N2O4/c1-38-29(37)23-5-3-2-4-22(23)28(36)34-14-12-20(13-15-34)19-7-9-21(10-8-19)33-26(35)11-6-18-16-24(30)27(32)25(31)17-18/h2-3,6-11,16-17,20,22-23H,4-5,12-15H2,1H3,(H,33,35)/b11-6+. The number of hydrogen-bond acceptors (Lipinski definition) is 4. The third-order valence-corrected chi connectivity index (χ3v) is 7.14. The molecule has 38 heavy (non-hydrogen) atoms. The molecule has 2 aromatic carbocycles. The Morgan fingerprint density at radius 1 is 0.947 bits per heavy atom. The number of nitrogens with zero attached hydrogens (tertiary/aromatic N) is 1. The molecule has 1 aliphatic heterocycles. The lowest BCUT2D eigenvalue weighted by Gasteiger charge is -2.36. The smallest absolute Gasteiger partial charge is 0.309 e. The van der Waals surface area contributed by atoms with Crippen LogP contribution >= 0.6 is 0 Å². The maximum absolute atomic E-state index is 13.3. The Labute approximate surface area is 219 Å². The number of ether oxygens (including phenoxy) is 1. The van der Waals surface area contributed by atoms with Gasteiger partial charge in [0.2, 0.25) is 11.8 Å². The molecule has 9 heteroatoms. The summed E-state index contributed by atoms with van der Waals surface area (Å²) in [5.74, 6) is -5.62. The lowest BCUT2D eigenvalue weighted by atomic mass is 9.81. The third-order valence-electron chi connectivity index (χ3n) is 7.14. The van der Waals surface area contributed by atoms with Crippen LogP contribution in [0.25, 0.3) is 6.08 Å². The molecule has 1 saturated heterocycles. The zero-order valence-electron chi connectivity index (χ0n) is 21.0. The molecule has 2 unspecified atom stereocenters. The average molecular weight is 527 g/mol. The van der Waals surface area contributed by atoms with Gasteiger partial charge in [-0.05, 0) is 73.1 Å². The number of carbonyl (C=O) groups excluding carboxylic acids is 3. The highest BCUT2D eigenvalue weighted by atomic mass is 19.2. The van der Waals surface area contributed by atoms with E-state index in [1.54, 1.807) is 12.1 Å². The minimum absolute atomic E-state index is 0.000397. The maximum atomic E-state index is 13.3. The largest absolute Gasteiger partial charge is 0.469 e. The highest BCUT2D eigenvalue weighted by Gasteiger charge is 2.38. The number of nitrogens with one attached hydrogen (secondary N) is 1. The van der Waals surface area contributed by atoms with Crippen LogP contribution in [0.1, 0.15) is 42.7 Å². The van der Waals surface area contributed by atoms with E-state index in [2.05, 4.69) is 5.32 Å². The number of likely N-dealkylation sites (tertiary alicyclic amines) is 1. The van der Waals surface area contributed by atoms with Gasteiger partial charge in [-0.3, -0.25) is 14.4 Å². The van der Waals surface area contributed by atoms with Crippen LogP contribution in [-0.2, 0) is 19.1 Å². The molecule has 2 aromatic rings. The fourth-order valence-electron chi connectivity index (χ4n) is 5.03. The first-order valence-electron chi connectivity index (χ1n) is 12.5. The van der Waals surface area contributed by atoms with E-state index in [1.165, 1.54) is 13.2 Å². The van der Waals surface area contributed by atoms with E-state index in [1.807, 2.05) is 29.2 Å². The number of allylic oxidation sites excluding steroid dienone is 2. The molecule has 0 spiro atoms. The molecule has 0 radical (unpaired) electrons. The third kappa shape index (κ3) is 6.33. The van der Waals surface area contributed by atoms with Crippen LogP contribution in [0.3, 0.4) is 0 Å². The van der Waals surface area contributed by atoms with Gasteiger partial charge in [0, 0.05) is 24.9 Å². The van der Waals surface area contributed by atoms with Crippen molar-refractivity contribution in [1.82, 2.24) is 4.90 Å². The molecule has 1 fully saturated rings. The monoisotopic (exact) mass is 526 g/mol. The highest BCUT2D eigenvalue weighted by Crippen LogP contribution is 2.33. The Morgan fingerprint density at radius 2 is 1.55 bits per heavy atom. The first-order valence-corrected chi connectivity index (χ1v) is 12.5.